The molecule has 0 unspecified atom stereocenters. The van der Waals surface area contributed by atoms with Crippen LogP contribution in [0.15, 0.2) is 152 Å². The maximum absolute atomic E-state index is 9.86. The monoisotopic (exact) mass is 635 g/mol. The number of hydrogen-bond acceptors (Lipinski definition) is 3. The van der Waals surface area contributed by atoms with E-state index >= 15 is 0 Å². The minimum Gasteiger partial charge on any atom is -0.309 e. The predicted octanol–water partition coefficient (Wildman–Crippen LogP) is 10.8. The topological polar surface area (TPSA) is 81.2 Å². The highest BCUT2D eigenvalue weighted by atomic mass is 15.0. The molecule has 5 heteroatoms. The molecule has 0 saturated carbocycles. The molecule has 2 heterocycles. The quantitative estimate of drug-likeness (QED) is 0.193. The molecule has 0 amide bonds. The molecule has 7 aromatic carbocycles. The molecule has 0 aliphatic heterocycles. The predicted molar refractivity (Wildman–Crippen MR) is 200 cm³/mol. The molecule has 5 nitrogen and oxygen atoms in total. The van der Waals surface area contributed by atoms with E-state index in [0.717, 1.165) is 60.9 Å². The second-order valence-electron chi connectivity index (χ2n) is 12.3. The van der Waals surface area contributed by atoms with E-state index in [9.17, 15) is 15.8 Å². The van der Waals surface area contributed by atoms with Crippen LogP contribution in [0.4, 0.5) is 0 Å². The van der Waals surface area contributed by atoms with E-state index < -0.39 is 0 Å². The van der Waals surface area contributed by atoms with Crippen molar-refractivity contribution in [3.05, 3.63) is 168 Å². The van der Waals surface area contributed by atoms with Crippen molar-refractivity contribution in [3.8, 4) is 51.8 Å². The summed E-state index contributed by atoms with van der Waals surface area (Å²) in [4.78, 5) is 0. The summed E-state index contributed by atoms with van der Waals surface area (Å²) in [6, 6.07) is 58.0. The third-order valence-electron chi connectivity index (χ3n) is 9.58. The standard InChI is InChI=1S/C45H25N5/c46-26-29-17-19-44(38(24-29)33-22-30(27-47)21-31(23-33)28-48)50-43-16-8-4-12-37(43)39-25-32(18-20-45(39)50)34-9-1-5-13-40(34)49-41-14-6-2-10-35(41)36-11-3-7-15-42(36)49/h1-25H. The summed E-state index contributed by atoms with van der Waals surface area (Å²) in [6.07, 6.45) is 0. The van der Waals surface area contributed by atoms with Crippen LogP contribution in [-0.4, -0.2) is 9.13 Å². The van der Waals surface area contributed by atoms with E-state index in [1.54, 1.807) is 18.2 Å². The summed E-state index contributed by atoms with van der Waals surface area (Å²) in [5, 5.41) is 34.0. The van der Waals surface area contributed by atoms with Gasteiger partial charge in [-0.15, -0.1) is 0 Å². The van der Waals surface area contributed by atoms with Gasteiger partial charge in [0.15, 0.2) is 0 Å². The van der Waals surface area contributed by atoms with Gasteiger partial charge in [-0.05, 0) is 83.9 Å². The summed E-state index contributed by atoms with van der Waals surface area (Å²) in [7, 11) is 0. The second kappa shape index (κ2) is 11.4. The second-order valence-corrected chi connectivity index (χ2v) is 12.3. The molecule has 0 aliphatic rings. The molecule has 0 saturated heterocycles. The Labute approximate surface area is 287 Å². The Hall–Kier alpha value is -7.39. The number of hydrogen-bond donors (Lipinski definition) is 0. The van der Waals surface area contributed by atoms with Gasteiger partial charge >= 0.3 is 0 Å². The van der Waals surface area contributed by atoms with Crippen LogP contribution >= 0.6 is 0 Å². The molecule has 0 N–H and O–H groups in total. The van der Waals surface area contributed by atoms with Crippen LogP contribution in [0.2, 0.25) is 0 Å². The van der Waals surface area contributed by atoms with Crippen molar-refractivity contribution in [2.24, 2.45) is 0 Å². The van der Waals surface area contributed by atoms with Gasteiger partial charge in [0.1, 0.15) is 0 Å². The molecule has 9 aromatic rings. The van der Waals surface area contributed by atoms with E-state index in [2.05, 4.69) is 137 Å². The van der Waals surface area contributed by atoms with Crippen LogP contribution in [0.5, 0.6) is 0 Å². The minimum absolute atomic E-state index is 0.390. The van der Waals surface area contributed by atoms with Crippen LogP contribution in [0.25, 0.3) is 77.2 Å². The van der Waals surface area contributed by atoms with Crippen molar-refractivity contribution >= 4 is 43.6 Å². The van der Waals surface area contributed by atoms with Crippen LogP contribution < -0.4 is 0 Å². The zero-order chi connectivity index (χ0) is 33.8. The summed E-state index contributed by atoms with van der Waals surface area (Å²) in [5.41, 5.74) is 11.3. The minimum atomic E-state index is 0.390. The van der Waals surface area contributed by atoms with Gasteiger partial charge in [-0.1, -0.05) is 78.9 Å². The normalized spacial score (nSPS) is 11.1. The lowest BCUT2D eigenvalue weighted by Crippen LogP contribution is -1.99. The van der Waals surface area contributed by atoms with Gasteiger partial charge in [0.05, 0.1) is 68.3 Å². The highest BCUT2D eigenvalue weighted by Gasteiger charge is 2.19. The van der Waals surface area contributed by atoms with E-state index in [4.69, 9.17) is 0 Å². The van der Waals surface area contributed by atoms with Gasteiger partial charge in [0, 0.05) is 32.7 Å². The molecule has 0 fully saturated rings. The molecule has 50 heavy (non-hydrogen) atoms. The van der Waals surface area contributed by atoms with Crippen molar-refractivity contribution in [1.29, 1.82) is 15.8 Å². The molecule has 0 spiro atoms. The molecule has 0 aliphatic carbocycles. The van der Waals surface area contributed by atoms with Gasteiger partial charge in [-0.2, -0.15) is 15.8 Å². The first-order valence-corrected chi connectivity index (χ1v) is 16.3. The Morgan fingerprint density at radius 2 is 0.840 bits per heavy atom. The Morgan fingerprint density at radius 1 is 0.340 bits per heavy atom. The van der Waals surface area contributed by atoms with Crippen molar-refractivity contribution in [2.45, 2.75) is 0 Å². The average molecular weight is 636 g/mol. The van der Waals surface area contributed by atoms with Gasteiger partial charge in [-0.25, -0.2) is 0 Å². The zero-order valence-corrected chi connectivity index (χ0v) is 26.7. The van der Waals surface area contributed by atoms with Crippen molar-refractivity contribution < 1.29 is 0 Å². The van der Waals surface area contributed by atoms with E-state index in [1.165, 1.54) is 10.8 Å². The molecular weight excluding hydrogens is 611 g/mol. The first kappa shape index (κ1) is 28.8. The Bertz CT molecular complexity index is 2890. The largest absolute Gasteiger partial charge is 0.309 e. The fourth-order valence-corrected chi connectivity index (χ4v) is 7.44. The third kappa shape index (κ3) is 4.38. The number of para-hydroxylation sites is 4. The van der Waals surface area contributed by atoms with E-state index in [-0.39, 0.29) is 0 Å². The van der Waals surface area contributed by atoms with Gasteiger partial charge in [-0.3, -0.25) is 0 Å². The smallest absolute Gasteiger partial charge is 0.0992 e. The van der Waals surface area contributed by atoms with Crippen LogP contribution in [0.3, 0.4) is 0 Å². The van der Waals surface area contributed by atoms with Crippen molar-refractivity contribution in [3.63, 3.8) is 0 Å². The first-order chi connectivity index (χ1) is 24.7. The highest BCUT2D eigenvalue weighted by Crippen LogP contribution is 2.41. The third-order valence-corrected chi connectivity index (χ3v) is 9.58. The number of fused-ring (bicyclic) bond motifs is 6. The number of rotatable bonds is 4. The fraction of sp³-hybridized carbons (Fsp3) is 0. The fourth-order valence-electron chi connectivity index (χ4n) is 7.44. The van der Waals surface area contributed by atoms with Gasteiger partial charge < -0.3 is 9.13 Å². The molecule has 0 radical (unpaired) electrons. The average Bonchev–Trinajstić information content (AvgIpc) is 3.70. The molecule has 0 bridgehead atoms. The van der Waals surface area contributed by atoms with Gasteiger partial charge in [0.25, 0.3) is 0 Å². The number of benzene rings is 7. The maximum atomic E-state index is 9.86. The van der Waals surface area contributed by atoms with E-state index in [0.29, 0.717) is 22.3 Å². The SMILES string of the molecule is N#Cc1cc(C#N)cc(-c2cc(C#N)ccc2-n2c3ccccc3c3cc(-c4ccccc4-n4c5ccccc5c5ccccc54)ccc32)c1. The molecular formula is C45H25N5. The Balaban J connectivity index is 1.30. The van der Waals surface area contributed by atoms with Crippen LogP contribution in [0.1, 0.15) is 16.7 Å². The molecule has 230 valence electrons. The number of nitrogens with zero attached hydrogens (tertiary/aromatic N) is 5. The highest BCUT2D eigenvalue weighted by molar-refractivity contribution is 6.12. The first-order valence-electron chi connectivity index (χ1n) is 16.3. The summed E-state index contributed by atoms with van der Waals surface area (Å²) in [6.45, 7) is 0. The van der Waals surface area contributed by atoms with Crippen LogP contribution in [-0.2, 0) is 0 Å². The lowest BCUT2D eigenvalue weighted by molar-refractivity contribution is 1.18. The maximum Gasteiger partial charge on any atom is 0.0992 e. The lowest BCUT2D eigenvalue weighted by Gasteiger charge is -2.16. The van der Waals surface area contributed by atoms with E-state index in [1.807, 2.05) is 24.3 Å². The molecule has 9 rings (SSSR count). The Kier molecular flexibility index (Phi) is 6.56. The van der Waals surface area contributed by atoms with Crippen molar-refractivity contribution in [2.75, 3.05) is 0 Å². The van der Waals surface area contributed by atoms with Crippen LogP contribution in [0, 0.1) is 34.0 Å². The number of aromatic nitrogens is 2. The lowest BCUT2D eigenvalue weighted by atomic mass is 9.97. The van der Waals surface area contributed by atoms with Crippen molar-refractivity contribution in [1.82, 2.24) is 9.13 Å². The van der Waals surface area contributed by atoms with Gasteiger partial charge in [0.2, 0.25) is 0 Å². The molecule has 0 atom stereocenters. The molecule has 2 aromatic heterocycles. The summed E-state index contributed by atoms with van der Waals surface area (Å²) >= 11 is 0. The zero-order valence-electron chi connectivity index (χ0n) is 26.7. The summed E-state index contributed by atoms with van der Waals surface area (Å²) in [5.74, 6) is 0. The summed E-state index contributed by atoms with van der Waals surface area (Å²) < 4.78 is 4.58. The Morgan fingerprint density at radius 3 is 1.44 bits per heavy atom. The number of nitriles is 3.